The summed E-state index contributed by atoms with van der Waals surface area (Å²) in [5.74, 6) is 0.994. The van der Waals surface area contributed by atoms with E-state index in [2.05, 4.69) is 29.2 Å². The highest BCUT2D eigenvalue weighted by Gasteiger charge is 2.11. The second-order valence-electron chi connectivity index (χ2n) is 4.63. The summed E-state index contributed by atoms with van der Waals surface area (Å²) in [6.07, 6.45) is 1.07. The molecule has 1 aliphatic heterocycles. The van der Waals surface area contributed by atoms with Gasteiger partial charge in [-0.1, -0.05) is 18.2 Å². The second kappa shape index (κ2) is 9.61. The van der Waals surface area contributed by atoms with Crippen molar-refractivity contribution in [2.24, 2.45) is 5.73 Å². The van der Waals surface area contributed by atoms with E-state index in [0.717, 1.165) is 45.0 Å². The summed E-state index contributed by atoms with van der Waals surface area (Å²) in [6, 6.07) is 10.7. The number of nitrogens with zero attached hydrogens (tertiary/aromatic N) is 1. The Hall–Kier alpha value is -0.260. The highest BCUT2D eigenvalue weighted by atomic mass is 35.5. The van der Waals surface area contributed by atoms with E-state index in [1.54, 1.807) is 0 Å². The molecular formula is C14H23ClN2OS. The molecule has 0 aliphatic carbocycles. The molecule has 1 aromatic rings. The molecule has 2 rings (SSSR count). The average Bonchev–Trinajstić information content (AvgIpc) is 2.45. The van der Waals surface area contributed by atoms with Crippen LogP contribution in [0.5, 0.6) is 0 Å². The number of benzene rings is 1. The zero-order valence-electron chi connectivity index (χ0n) is 11.2. The summed E-state index contributed by atoms with van der Waals surface area (Å²) in [5, 5.41) is 0. The van der Waals surface area contributed by atoms with E-state index in [0.29, 0.717) is 0 Å². The normalized spacial score (nSPS) is 17.7. The molecule has 19 heavy (non-hydrogen) atoms. The number of thioether (sulfide) groups is 1. The Morgan fingerprint density at radius 2 is 1.89 bits per heavy atom. The van der Waals surface area contributed by atoms with Gasteiger partial charge in [0.1, 0.15) is 0 Å². The number of ether oxygens (including phenoxy) is 1. The molecule has 1 heterocycles. The SMILES string of the molecule is Cl.N[C@H](CCN1CCOCC1)CSc1ccccc1. The van der Waals surface area contributed by atoms with Gasteiger partial charge in [0, 0.05) is 29.8 Å². The van der Waals surface area contributed by atoms with Crippen LogP contribution < -0.4 is 5.73 Å². The molecule has 108 valence electrons. The van der Waals surface area contributed by atoms with Gasteiger partial charge >= 0.3 is 0 Å². The predicted octanol–water partition coefficient (Wildman–Crippen LogP) is 2.25. The van der Waals surface area contributed by atoms with Crippen LogP contribution in [0.25, 0.3) is 0 Å². The summed E-state index contributed by atoms with van der Waals surface area (Å²) in [7, 11) is 0. The molecule has 1 atom stereocenters. The van der Waals surface area contributed by atoms with Crippen molar-refractivity contribution in [1.82, 2.24) is 4.90 Å². The number of morpholine rings is 1. The molecule has 1 fully saturated rings. The van der Waals surface area contributed by atoms with Crippen LogP contribution in [-0.4, -0.2) is 49.5 Å². The lowest BCUT2D eigenvalue weighted by Gasteiger charge is -2.27. The Morgan fingerprint density at radius 1 is 1.21 bits per heavy atom. The molecule has 2 N–H and O–H groups in total. The van der Waals surface area contributed by atoms with E-state index in [1.165, 1.54) is 4.90 Å². The summed E-state index contributed by atoms with van der Waals surface area (Å²) >= 11 is 1.85. The molecule has 1 aliphatic rings. The molecule has 0 aromatic heterocycles. The summed E-state index contributed by atoms with van der Waals surface area (Å²) < 4.78 is 5.33. The molecule has 5 heteroatoms. The van der Waals surface area contributed by atoms with Crippen LogP contribution in [0, 0.1) is 0 Å². The first-order chi connectivity index (χ1) is 8.84. The van der Waals surface area contributed by atoms with E-state index in [1.807, 2.05) is 17.8 Å². The molecule has 0 saturated carbocycles. The minimum atomic E-state index is 0. The van der Waals surface area contributed by atoms with Gasteiger partial charge in [0.15, 0.2) is 0 Å². The first kappa shape index (κ1) is 16.8. The highest BCUT2D eigenvalue weighted by molar-refractivity contribution is 7.99. The van der Waals surface area contributed by atoms with Crippen LogP contribution >= 0.6 is 24.2 Å². The van der Waals surface area contributed by atoms with E-state index < -0.39 is 0 Å². The highest BCUT2D eigenvalue weighted by Crippen LogP contribution is 2.18. The lowest BCUT2D eigenvalue weighted by molar-refractivity contribution is 0.0369. The van der Waals surface area contributed by atoms with Gasteiger partial charge in [0.2, 0.25) is 0 Å². The summed E-state index contributed by atoms with van der Waals surface area (Å²) in [4.78, 5) is 3.75. The maximum absolute atomic E-state index is 6.16. The average molecular weight is 303 g/mol. The maximum Gasteiger partial charge on any atom is 0.0594 e. The number of halogens is 1. The molecule has 0 amide bonds. The van der Waals surface area contributed by atoms with Crippen LogP contribution in [0.4, 0.5) is 0 Å². The third-order valence-corrected chi connectivity index (χ3v) is 4.33. The van der Waals surface area contributed by atoms with Crippen molar-refractivity contribution in [3.63, 3.8) is 0 Å². The van der Waals surface area contributed by atoms with Gasteiger partial charge in [-0.3, -0.25) is 4.90 Å². The fourth-order valence-electron chi connectivity index (χ4n) is 1.98. The fraction of sp³-hybridized carbons (Fsp3) is 0.571. The smallest absolute Gasteiger partial charge is 0.0594 e. The number of rotatable bonds is 6. The largest absolute Gasteiger partial charge is 0.379 e. The van der Waals surface area contributed by atoms with E-state index in [4.69, 9.17) is 10.5 Å². The minimum absolute atomic E-state index is 0. The fourth-order valence-corrected chi connectivity index (χ4v) is 2.90. The monoisotopic (exact) mass is 302 g/mol. The van der Waals surface area contributed by atoms with Gasteiger partial charge < -0.3 is 10.5 Å². The Kier molecular flexibility index (Phi) is 8.50. The molecule has 0 radical (unpaired) electrons. The number of hydrogen-bond acceptors (Lipinski definition) is 4. The van der Waals surface area contributed by atoms with Gasteiger partial charge in [-0.05, 0) is 25.1 Å². The second-order valence-corrected chi connectivity index (χ2v) is 5.72. The first-order valence-electron chi connectivity index (χ1n) is 6.58. The van der Waals surface area contributed by atoms with Gasteiger partial charge in [-0.2, -0.15) is 0 Å². The van der Waals surface area contributed by atoms with Gasteiger partial charge in [0.05, 0.1) is 13.2 Å². The van der Waals surface area contributed by atoms with Gasteiger partial charge in [-0.15, -0.1) is 24.2 Å². The Labute approximate surface area is 126 Å². The van der Waals surface area contributed by atoms with Crippen molar-refractivity contribution in [2.75, 3.05) is 38.6 Å². The van der Waals surface area contributed by atoms with Crippen LogP contribution in [0.15, 0.2) is 35.2 Å². The van der Waals surface area contributed by atoms with Crippen molar-refractivity contribution in [3.8, 4) is 0 Å². The van der Waals surface area contributed by atoms with Crippen molar-refractivity contribution < 1.29 is 4.74 Å². The molecule has 3 nitrogen and oxygen atoms in total. The summed E-state index contributed by atoms with van der Waals surface area (Å²) in [6.45, 7) is 4.94. The molecule has 1 aromatic carbocycles. The van der Waals surface area contributed by atoms with Crippen molar-refractivity contribution >= 4 is 24.2 Å². The lowest BCUT2D eigenvalue weighted by Crippen LogP contribution is -2.39. The Bertz CT molecular complexity index is 333. The third-order valence-electron chi connectivity index (χ3n) is 3.13. The Morgan fingerprint density at radius 3 is 2.58 bits per heavy atom. The molecule has 0 spiro atoms. The van der Waals surface area contributed by atoms with Crippen LogP contribution in [-0.2, 0) is 4.74 Å². The predicted molar refractivity (Wildman–Crippen MR) is 84.3 cm³/mol. The molecule has 0 unspecified atom stereocenters. The first-order valence-corrected chi connectivity index (χ1v) is 7.56. The molecular weight excluding hydrogens is 280 g/mol. The third kappa shape index (κ3) is 6.63. The minimum Gasteiger partial charge on any atom is -0.379 e. The number of hydrogen-bond donors (Lipinski definition) is 1. The summed E-state index contributed by atoms with van der Waals surface area (Å²) in [5.41, 5.74) is 6.16. The molecule has 1 saturated heterocycles. The van der Waals surface area contributed by atoms with Crippen molar-refractivity contribution in [3.05, 3.63) is 30.3 Å². The zero-order chi connectivity index (χ0) is 12.6. The van der Waals surface area contributed by atoms with E-state index in [9.17, 15) is 0 Å². The topological polar surface area (TPSA) is 38.5 Å². The standard InChI is InChI=1S/C14H22N2OS.ClH/c15-13(6-7-16-8-10-17-11-9-16)12-18-14-4-2-1-3-5-14;/h1-5,13H,6-12,15H2;1H/t13-;/m1./s1. The van der Waals surface area contributed by atoms with Gasteiger partial charge in [-0.25, -0.2) is 0 Å². The van der Waals surface area contributed by atoms with Crippen molar-refractivity contribution in [1.29, 1.82) is 0 Å². The number of nitrogens with two attached hydrogens (primary N) is 1. The zero-order valence-corrected chi connectivity index (χ0v) is 12.8. The lowest BCUT2D eigenvalue weighted by atomic mass is 10.2. The van der Waals surface area contributed by atoms with E-state index in [-0.39, 0.29) is 18.4 Å². The molecule has 0 bridgehead atoms. The Balaban J connectivity index is 0.00000180. The van der Waals surface area contributed by atoms with Gasteiger partial charge in [0.25, 0.3) is 0 Å². The maximum atomic E-state index is 6.16. The van der Waals surface area contributed by atoms with Crippen LogP contribution in [0.3, 0.4) is 0 Å². The van der Waals surface area contributed by atoms with Crippen LogP contribution in [0.2, 0.25) is 0 Å². The van der Waals surface area contributed by atoms with Crippen LogP contribution in [0.1, 0.15) is 6.42 Å². The quantitative estimate of drug-likeness (QED) is 0.818. The van der Waals surface area contributed by atoms with Crippen molar-refractivity contribution in [2.45, 2.75) is 17.4 Å². The van der Waals surface area contributed by atoms with E-state index >= 15 is 0 Å².